The summed E-state index contributed by atoms with van der Waals surface area (Å²) in [5, 5.41) is 9.21. The van der Waals surface area contributed by atoms with Crippen molar-refractivity contribution in [3.63, 3.8) is 0 Å². The number of carbonyl (C=O) groups is 1. The van der Waals surface area contributed by atoms with Gasteiger partial charge in [-0.25, -0.2) is 9.79 Å². The summed E-state index contributed by atoms with van der Waals surface area (Å²) in [4.78, 5) is 15.8. The fourth-order valence-electron chi connectivity index (χ4n) is 2.27. The molecule has 27 heavy (non-hydrogen) atoms. The van der Waals surface area contributed by atoms with Gasteiger partial charge in [-0.2, -0.15) is 0 Å². The monoisotopic (exact) mass is 482 g/mol. The Morgan fingerprint density at radius 3 is 2.22 bits per heavy atom. The van der Waals surface area contributed by atoms with E-state index in [-0.39, 0.29) is 24.0 Å². The van der Waals surface area contributed by atoms with E-state index in [4.69, 9.17) is 0 Å². The Bertz CT molecular complexity index is 731. The van der Waals surface area contributed by atoms with Crippen LogP contribution < -0.4 is 16.0 Å². The van der Waals surface area contributed by atoms with Gasteiger partial charge in [-0.05, 0) is 37.1 Å². The lowest BCUT2D eigenvalue weighted by atomic mass is 10.1. The number of aliphatic imine (C=N–C) groups is 1. The Morgan fingerprint density at radius 2 is 1.63 bits per heavy atom. The second-order valence-electron chi connectivity index (χ2n) is 5.85. The standard InChI is InChI=1S/C20H26N4O2.HI/c1-4-21-19(22-13-16-7-5-15(2)6-8-16)23-14-17-9-11-18(12-10-17)24-20(25)26-3;/h5-12H,4,13-14H2,1-3H3,(H,24,25)(H2,21,22,23);1H. The third-order valence-corrected chi connectivity index (χ3v) is 3.73. The molecule has 0 aliphatic rings. The summed E-state index contributed by atoms with van der Waals surface area (Å²) in [5.41, 5.74) is 4.20. The first kappa shape index (κ1) is 22.8. The van der Waals surface area contributed by atoms with Crippen molar-refractivity contribution in [2.45, 2.75) is 26.9 Å². The first-order valence-electron chi connectivity index (χ1n) is 8.62. The topological polar surface area (TPSA) is 74.8 Å². The van der Waals surface area contributed by atoms with Gasteiger partial charge < -0.3 is 15.4 Å². The first-order valence-corrected chi connectivity index (χ1v) is 8.62. The number of hydrogen-bond acceptors (Lipinski definition) is 3. The molecule has 3 N–H and O–H groups in total. The molecule has 146 valence electrons. The number of rotatable bonds is 6. The van der Waals surface area contributed by atoms with E-state index >= 15 is 0 Å². The van der Waals surface area contributed by atoms with Crippen LogP contribution in [-0.2, 0) is 17.8 Å². The van der Waals surface area contributed by atoms with Crippen LogP contribution in [0.4, 0.5) is 10.5 Å². The fourth-order valence-corrected chi connectivity index (χ4v) is 2.27. The van der Waals surface area contributed by atoms with Crippen molar-refractivity contribution < 1.29 is 9.53 Å². The summed E-state index contributed by atoms with van der Waals surface area (Å²) < 4.78 is 4.57. The minimum absolute atomic E-state index is 0. The highest BCUT2D eigenvalue weighted by Crippen LogP contribution is 2.10. The molecule has 0 aromatic heterocycles. The minimum atomic E-state index is -0.481. The van der Waals surface area contributed by atoms with Gasteiger partial charge in [0.05, 0.1) is 13.7 Å². The van der Waals surface area contributed by atoms with Crippen molar-refractivity contribution in [1.82, 2.24) is 10.6 Å². The van der Waals surface area contributed by atoms with Crippen molar-refractivity contribution in [3.8, 4) is 0 Å². The van der Waals surface area contributed by atoms with Gasteiger partial charge in [0, 0.05) is 18.8 Å². The van der Waals surface area contributed by atoms with Crippen LogP contribution in [0.2, 0.25) is 0 Å². The molecule has 1 amide bonds. The molecule has 0 bridgehead atoms. The molecule has 0 saturated carbocycles. The zero-order chi connectivity index (χ0) is 18.8. The first-order chi connectivity index (χ1) is 12.6. The lowest BCUT2D eigenvalue weighted by Gasteiger charge is -2.12. The van der Waals surface area contributed by atoms with Crippen LogP contribution in [0, 0.1) is 6.92 Å². The Kier molecular flexibility index (Phi) is 10.2. The summed E-state index contributed by atoms with van der Waals surface area (Å²) in [6.45, 7) is 6.17. The lowest BCUT2D eigenvalue weighted by molar-refractivity contribution is 0.187. The number of amides is 1. The van der Waals surface area contributed by atoms with Gasteiger partial charge in [0.15, 0.2) is 5.96 Å². The predicted molar refractivity (Wildman–Crippen MR) is 121 cm³/mol. The van der Waals surface area contributed by atoms with Crippen molar-refractivity contribution >= 4 is 41.7 Å². The van der Waals surface area contributed by atoms with E-state index in [9.17, 15) is 4.79 Å². The molecule has 2 rings (SSSR count). The zero-order valence-electron chi connectivity index (χ0n) is 15.9. The molecule has 2 aromatic carbocycles. The number of nitrogens with one attached hydrogen (secondary N) is 3. The summed E-state index contributed by atoms with van der Waals surface area (Å²) >= 11 is 0. The largest absolute Gasteiger partial charge is 0.453 e. The van der Waals surface area contributed by atoms with Gasteiger partial charge in [-0.3, -0.25) is 5.32 Å². The van der Waals surface area contributed by atoms with Crippen molar-refractivity contribution in [1.29, 1.82) is 0 Å². The summed E-state index contributed by atoms with van der Waals surface area (Å²) in [5.74, 6) is 0.768. The van der Waals surface area contributed by atoms with E-state index in [1.54, 1.807) is 0 Å². The van der Waals surface area contributed by atoms with Crippen LogP contribution in [0.3, 0.4) is 0 Å². The SMILES string of the molecule is CCNC(=NCc1ccc(NC(=O)OC)cc1)NCc1ccc(C)cc1.I. The Labute approximate surface area is 177 Å². The molecule has 6 nitrogen and oxygen atoms in total. The van der Waals surface area contributed by atoms with Gasteiger partial charge in [-0.1, -0.05) is 42.0 Å². The van der Waals surface area contributed by atoms with Crippen molar-refractivity contribution in [2.24, 2.45) is 4.99 Å². The molecule has 0 saturated heterocycles. The maximum Gasteiger partial charge on any atom is 0.411 e. The molecule has 0 unspecified atom stereocenters. The number of methoxy groups -OCH3 is 1. The van der Waals surface area contributed by atoms with Crippen LogP contribution in [-0.4, -0.2) is 25.7 Å². The van der Waals surface area contributed by atoms with E-state index in [0.717, 1.165) is 18.1 Å². The van der Waals surface area contributed by atoms with Crippen LogP contribution >= 0.6 is 24.0 Å². The van der Waals surface area contributed by atoms with E-state index in [2.05, 4.69) is 56.9 Å². The number of anilines is 1. The number of nitrogens with zero attached hydrogens (tertiary/aromatic N) is 1. The smallest absolute Gasteiger partial charge is 0.411 e. The number of ether oxygens (including phenoxy) is 1. The van der Waals surface area contributed by atoms with Gasteiger partial charge in [0.2, 0.25) is 0 Å². The van der Waals surface area contributed by atoms with Crippen LogP contribution in [0.25, 0.3) is 0 Å². The average Bonchev–Trinajstić information content (AvgIpc) is 2.66. The molecule has 0 fully saturated rings. The second-order valence-corrected chi connectivity index (χ2v) is 5.85. The molecular weight excluding hydrogens is 455 g/mol. The van der Waals surface area contributed by atoms with Gasteiger partial charge in [0.25, 0.3) is 0 Å². The number of guanidine groups is 1. The van der Waals surface area contributed by atoms with Gasteiger partial charge in [-0.15, -0.1) is 24.0 Å². The van der Waals surface area contributed by atoms with Crippen LogP contribution in [0.1, 0.15) is 23.6 Å². The fraction of sp³-hybridized carbons (Fsp3) is 0.300. The third-order valence-electron chi connectivity index (χ3n) is 3.73. The normalized spacial score (nSPS) is 10.6. The van der Waals surface area contributed by atoms with E-state index < -0.39 is 6.09 Å². The van der Waals surface area contributed by atoms with E-state index in [1.807, 2.05) is 31.2 Å². The Hall–Kier alpha value is -2.29. The van der Waals surface area contributed by atoms with E-state index in [1.165, 1.54) is 18.2 Å². The molecule has 0 radical (unpaired) electrons. The predicted octanol–water partition coefficient (Wildman–Crippen LogP) is 4.05. The number of aryl methyl sites for hydroxylation is 1. The van der Waals surface area contributed by atoms with Crippen molar-refractivity contribution in [2.75, 3.05) is 19.0 Å². The maximum absolute atomic E-state index is 11.2. The van der Waals surface area contributed by atoms with Crippen molar-refractivity contribution in [3.05, 3.63) is 65.2 Å². The molecule has 2 aromatic rings. The Balaban J connectivity index is 0.00000364. The molecule has 0 aliphatic heterocycles. The summed E-state index contributed by atoms with van der Waals surface area (Å²) in [7, 11) is 1.34. The third kappa shape index (κ3) is 8.29. The molecule has 0 atom stereocenters. The highest BCUT2D eigenvalue weighted by atomic mass is 127. The summed E-state index contributed by atoms with van der Waals surface area (Å²) in [6.07, 6.45) is -0.481. The zero-order valence-corrected chi connectivity index (χ0v) is 18.2. The van der Waals surface area contributed by atoms with Crippen LogP contribution in [0.15, 0.2) is 53.5 Å². The number of benzene rings is 2. The second kappa shape index (κ2) is 12.2. The molecular formula is C20H27IN4O2. The molecule has 0 heterocycles. The summed E-state index contributed by atoms with van der Waals surface area (Å²) in [6, 6.07) is 15.9. The number of hydrogen-bond donors (Lipinski definition) is 3. The number of halogens is 1. The quantitative estimate of drug-likeness (QED) is 0.330. The average molecular weight is 482 g/mol. The molecule has 0 aliphatic carbocycles. The van der Waals surface area contributed by atoms with Crippen LogP contribution in [0.5, 0.6) is 0 Å². The minimum Gasteiger partial charge on any atom is -0.453 e. The highest BCUT2D eigenvalue weighted by Gasteiger charge is 2.01. The molecule has 7 heteroatoms. The van der Waals surface area contributed by atoms with Gasteiger partial charge >= 0.3 is 6.09 Å². The van der Waals surface area contributed by atoms with E-state index in [0.29, 0.717) is 18.8 Å². The Morgan fingerprint density at radius 1 is 1.00 bits per heavy atom. The van der Waals surface area contributed by atoms with Gasteiger partial charge in [0.1, 0.15) is 0 Å². The highest BCUT2D eigenvalue weighted by molar-refractivity contribution is 14.0. The maximum atomic E-state index is 11.2. The lowest BCUT2D eigenvalue weighted by Crippen LogP contribution is -2.36. The number of carbonyl (C=O) groups excluding carboxylic acids is 1. The molecule has 0 spiro atoms.